The van der Waals surface area contributed by atoms with Crippen LogP contribution in [0, 0.1) is 13.8 Å². The van der Waals surface area contributed by atoms with Crippen molar-refractivity contribution in [3.63, 3.8) is 0 Å². The maximum atomic E-state index is 4.60. The van der Waals surface area contributed by atoms with Crippen molar-refractivity contribution in [3.05, 3.63) is 41.6 Å². The van der Waals surface area contributed by atoms with Gasteiger partial charge in [-0.25, -0.2) is 4.98 Å². The lowest BCUT2D eigenvalue weighted by molar-refractivity contribution is 0.959. The van der Waals surface area contributed by atoms with Crippen molar-refractivity contribution in [2.75, 3.05) is 23.3 Å². The first kappa shape index (κ1) is 14.3. The molecular formula is C16H22N4. The molecule has 1 aromatic heterocycles. The van der Waals surface area contributed by atoms with Crippen LogP contribution in [-0.2, 0) is 0 Å². The molecule has 0 aliphatic carbocycles. The molecule has 106 valence electrons. The number of anilines is 3. The van der Waals surface area contributed by atoms with Gasteiger partial charge < -0.3 is 10.2 Å². The summed E-state index contributed by atoms with van der Waals surface area (Å²) in [6.45, 7) is 9.96. The molecule has 0 spiro atoms. The van der Waals surface area contributed by atoms with E-state index >= 15 is 0 Å². The number of hydrogen-bond acceptors (Lipinski definition) is 4. The number of nitrogens with zero attached hydrogens (tertiary/aromatic N) is 3. The molecule has 1 N–H and O–H groups in total. The molecule has 0 saturated heterocycles. The number of hydrogen-bond donors (Lipinski definition) is 1. The Balaban J connectivity index is 2.41. The van der Waals surface area contributed by atoms with Crippen molar-refractivity contribution in [1.29, 1.82) is 0 Å². The minimum atomic E-state index is 0.689. The first-order valence-corrected chi connectivity index (χ1v) is 7.07. The van der Waals surface area contributed by atoms with Crippen molar-refractivity contribution < 1.29 is 0 Å². The Morgan fingerprint density at radius 1 is 1.10 bits per heavy atom. The molecular weight excluding hydrogens is 248 g/mol. The van der Waals surface area contributed by atoms with Gasteiger partial charge in [-0.1, -0.05) is 12.1 Å². The number of aromatic nitrogens is 2. The smallest absolute Gasteiger partial charge is 0.224 e. The summed E-state index contributed by atoms with van der Waals surface area (Å²) >= 11 is 0. The van der Waals surface area contributed by atoms with E-state index in [9.17, 15) is 0 Å². The fourth-order valence-electron chi connectivity index (χ4n) is 2.20. The molecule has 0 bridgehead atoms. The highest BCUT2D eigenvalue weighted by Gasteiger charge is 2.11. The molecule has 0 aliphatic heterocycles. The molecule has 0 atom stereocenters. The summed E-state index contributed by atoms with van der Waals surface area (Å²) in [5, 5.41) is 3.18. The lowest BCUT2D eigenvalue weighted by Crippen LogP contribution is -2.19. The summed E-state index contributed by atoms with van der Waals surface area (Å²) < 4.78 is 0. The molecule has 2 aromatic rings. The third kappa shape index (κ3) is 3.26. The van der Waals surface area contributed by atoms with Crippen LogP contribution >= 0.6 is 0 Å². The minimum absolute atomic E-state index is 0.689. The molecule has 4 heteroatoms. The van der Waals surface area contributed by atoms with Gasteiger partial charge in [-0.05, 0) is 45.4 Å². The highest BCUT2D eigenvalue weighted by Crippen LogP contribution is 2.25. The standard InChI is InChI=1S/C16H22N4/c1-5-17-16-18-13(4)11-15(19-16)20(6-2)14-9-7-8-12(3)10-14/h7-11H,5-6H2,1-4H3,(H,17,18,19). The molecule has 1 aromatic carbocycles. The van der Waals surface area contributed by atoms with Crippen molar-refractivity contribution in [2.24, 2.45) is 0 Å². The van der Waals surface area contributed by atoms with E-state index in [-0.39, 0.29) is 0 Å². The molecule has 4 nitrogen and oxygen atoms in total. The number of aryl methyl sites for hydroxylation is 2. The Labute approximate surface area is 120 Å². The average molecular weight is 270 g/mol. The lowest BCUT2D eigenvalue weighted by atomic mass is 10.2. The van der Waals surface area contributed by atoms with Gasteiger partial charge in [0.25, 0.3) is 0 Å². The quantitative estimate of drug-likeness (QED) is 0.899. The molecule has 0 saturated carbocycles. The van der Waals surface area contributed by atoms with Crippen molar-refractivity contribution in [2.45, 2.75) is 27.7 Å². The Bertz CT molecular complexity index is 580. The van der Waals surface area contributed by atoms with Crippen LogP contribution in [-0.4, -0.2) is 23.1 Å². The van der Waals surface area contributed by atoms with Gasteiger partial charge in [0.05, 0.1) is 0 Å². The Kier molecular flexibility index (Phi) is 4.56. The summed E-state index contributed by atoms with van der Waals surface area (Å²) in [6, 6.07) is 10.5. The first-order chi connectivity index (χ1) is 9.63. The Morgan fingerprint density at radius 2 is 1.90 bits per heavy atom. The summed E-state index contributed by atoms with van der Waals surface area (Å²) in [6.07, 6.45) is 0. The number of nitrogens with one attached hydrogen (secondary N) is 1. The van der Waals surface area contributed by atoms with E-state index in [1.165, 1.54) is 5.56 Å². The third-order valence-corrected chi connectivity index (χ3v) is 3.08. The SMILES string of the molecule is CCNc1nc(C)cc(N(CC)c2cccc(C)c2)n1. The Hall–Kier alpha value is -2.10. The summed E-state index contributed by atoms with van der Waals surface area (Å²) in [4.78, 5) is 11.2. The van der Waals surface area contributed by atoms with Gasteiger partial charge in [-0.2, -0.15) is 4.98 Å². The van der Waals surface area contributed by atoms with Crippen LogP contribution in [0.1, 0.15) is 25.1 Å². The molecule has 0 amide bonds. The second kappa shape index (κ2) is 6.37. The summed E-state index contributed by atoms with van der Waals surface area (Å²) in [5.74, 6) is 1.62. The van der Waals surface area contributed by atoms with E-state index in [0.29, 0.717) is 5.95 Å². The van der Waals surface area contributed by atoms with Gasteiger partial charge in [-0.3, -0.25) is 0 Å². The van der Waals surface area contributed by atoms with Gasteiger partial charge in [0.15, 0.2) is 0 Å². The lowest BCUT2D eigenvalue weighted by Gasteiger charge is -2.23. The molecule has 0 fully saturated rings. The van der Waals surface area contributed by atoms with Crippen molar-refractivity contribution >= 4 is 17.5 Å². The second-order valence-corrected chi connectivity index (χ2v) is 4.80. The summed E-state index contributed by atoms with van der Waals surface area (Å²) in [5.41, 5.74) is 3.38. The zero-order valence-corrected chi connectivity index (χ0v) is 12.6. The van der Waals surface area contributed by atoms with Gasteiger partial charge in [-0.15, -0.1) is 0 Å². The second-order valence-electron chi connectivity index (χ2n) is 4.80. The molecule has 0 unspecified atom stereocenters. The number of benzene rings is 1. The zero-order valence-electron chi connectivity index (χ0n) is 12.6. The predicted octanol–water partition coefficient (Wildman–Crippen LogP) is 3.68. The Morgan fingerprint density at radius 3 is 2.55 bits per heavy atom. The van der Waals surface area contributed by atoms with Crippen molar-refractivity contribution in [3.8, 4) is 0 Å². The molecule has 20 heavy (non-hydrogen) atoms. The van der Waals surface area contributed by atoms with Crippen LogP contribution in [0.2, 0.25) is 0 Å². The van der Waals surface area contributed by atoms with Gasteiger partial charge in [0.1, 0.15) is 5.82 Å². The maximum absolute atomic E-state index is 4.60. The zero-order chi connectivity index (χ0) is 14.5. The fraction of sp³-hybridized carbons (Fsp3) is 0.375. The monoisotopic (exact) mass is 270 g/mol. The number of rotatable bonds is 5. The van der Waals surface area contributed by atoms with Crippen LogP contribution < -0.4 is 10.2 Å². The van der Waals surface area contributed by atoms with E-state index in [1.807, 2.05) is 19.9 Å². The minimum Gasteiger partial charge on any atom is -0.354 e. The van der Waals surface area contributed by atoms with E-state index in [1.54, 1.807) is 0 Å². The molecule has 1 heterocycles. The summed E-state index contributed by atoms with van der Waals surface area (Å²) in [7, 11) is 0. The van der Waals surface area contributed by atoms with Gasteiger partial charge in [0, 0.05) is 30.5 Å². The maximum Gasteiger partial charge on any atom is 0.224 e. The average Bonchev–Trinajstić information content (AvgIpc) is 2.39. The van der Waals surface area contributed by atoms with Crippen LogP contribution in [0.4, 0.5) is 17.5 Å². The van der Waals surface area contributed by atoms with Gasteiger partial charge >= 0.3 is 0 Å². The largest absolute Gasteiger partial charge is 0.354 e. The highest BCUT2D eigenvalue weighted by molar-refractivity contribution is 5.61. The molecule has 2 rings (SSSR count). The van der Waals surface area contributed by atoms with Crippen LogP contribution in [0.15, 0.2) is 30.3 Å². The van der Waals surface area contributed by atoms with E-state index < -0.39 is 0 Å². The van der Waals surface area contributed by atoms with Crippen LogP contribution in [0.25, 0.3) is 0 Å². The highest BCUT2D eigenvalue weighted by atomic mass is 15.2. The van der Waals surface area contributed by atoms with E-state index in [4.69, 9.17) is 0 Å². The third-order valence-electron chi connectivity index (χ3n) is 3.08. The predicted molar refractivity (Wildman–Crippen MR) is 84.8 cm³/mol. The van der Waals surface area contributed by atoms with Crippen LogP contribution in [0.5, 0.6) is 0 Å². The van der Waals surface area contributed by atoms with Crippen molar-refractivity contribution in [1.82, 2.24) is 9.97 Å². The normalized spacial score (nSPS) is 10.4. The first-order valence-electron chi connectivity index (χ1n) is 7.07. The van der Waals surface area contributed by atoms with Gasteiger partial charge in [0.2, 0.25) is 5.95 Å². The topological polar surface area (TPSA) is 41.1 Å². The fourth-order valence-corrected chi connectivity index (χ4v) is 2.20. The van der Waals surface area contributed by atoms with E-state index in [2.05, 4.69) is 58.3 Å². The van der Waals surface area contributed by atoms with E-state index in [0.717, 1.165) is 30.3 Å². The molecule has 0 radical (unpaired) electrons. The van der Waals surface area contributed by atoms with Crippen LogP contribution in [0.3, 0.4) is 0 Å². The molecule has 0 aliphatic rings.